The molecule has 1 aromatic carbocycles. The van der Waals surface area contributed by atoms with Crippen molar-refractivity contribution in [3.63, 3.8) is 0 Å². The first kappa shape index (κ1) is 28.3. The van der Waals surface area contributed by atoms with Gasteiger partial charge >= 0.3 is 5.97 Å². The van der Waals surface area contributed by atoms with Crippen LogP contribution < -0.4 is 4.74 Å². The first-order chi connectivity index (χ1) is 18.0. The van der Waals surface area contributed by atoms with E-state index in [2.05, 4.69) is 10.3 Å². The van der Waals surface area contributed by atoms with Gasteiger partial charge in [-0.2, -0.15) is 4.31 Å². The van der Waals surface area contributed by atoms with Gasteiger partial charge in [0.15, 0.2) is 0 Å². The number of hydrogen-bond acceptors (Lipinski definition) is 7. The molecule has 3 aromatic rings. The number of para-hydroxylation sites is 1. The third-order valence-corrected chi connectivity index (χ3v) is 10.4. The first-order valence-corrected chi connectivity index (χ1v) is 15.2. The van der Waals surface area contributed by atoms with E-state index in [4.69, 9.17) is 4.74 Å². The molecule has 1 N–H and O–H groups in total. The van der Waals surface area contributed by atoms with Gasteiger partial charge < -0.3 is 9.84 Å². The number of fused-ring (bicyclic) bond motifs is 1. The Labute approximate surface area is 228 Å². The molecular weight excluding hydrogens is 524 g/mol. The summed E-state index contributed by atoms with van der Waals surface area (Å²) in [5.74, 6) is -0.771. The Bertz CT molecular complexity index is 1400. The summed E-state index contributed by atoms with van der Waals surface area (Å²) >= 11 is 1.54. The predicted octanol–water partition coefficient (Wildman–Crippen LogP) is 4.86. The van der Waals surface area contributed by atoms with Crippen LogP contribution in [0.3, 0.4) is 0 Å². The number of carbonyl (C=O) groups is 1. The number of aliphatic carboxylic acids is 1. The normalized spacial score (nSPS) is 18.4. The maximum absolute atomic E-state index is 13.6. The van der Waals surface area contributed by atoms with E-state index in [1.807, 2.05) is 33.0 Å². The van der Waals surface area contributed by atoms with Crippen LogP contribution in [0.4, 0.5) is 0 Å². The first-order valence-electron chi connectivity index (χ1n) is 12.9. The van der Waals surface area contributed by atoms with Crippen LogP contribution in [-0.4, -0.2) is 51.4 Å². The van der Waals surface area contributed by atoms with E-state index in [0.717, 1.165) is 27.6 Å². The van der Waals surface area contributed by atoms with Crippen molar-refractivity contribution in [2.24, 2.45) is 5.41 Å². The fourth-order valence-electron chi connectivity index (χ4n) is 4.78. The van der Waals surface area contributed by atoms with E-state index in [1.54, 1.807) is 54.1 Å². The van der Waals surface area contributed by atoms with Crippen molar-refractivity contribution in [2.75, 3.05) is 6.54 Å². The molecule has 206 valence electrons. The van der Waals surface area contributed by atoms with Gasteiger partial charge in [-0.15, -0.1) is 16.4 Å². The maximum atomic E-state index is 13.6. The van der Waals surface area contributed by atoms with Crippen LogP contribution in [0, 0.1) is 12.3 Å². The number of nitrogens with zero attached hydrogens (tertiary/aromatic N) is 4. The van der Waals surface area contributed by atoms with Crippen molar-refractivity contribution < 1.29 is 23.1 Å². The van der Waals surface area contributed by atoms with Crippen molar-refractivity contribution in [1.82, 2.24) is 19.3 Å². The summed E-state index contributed by atoms with van der Waals surface area (Å²) in [5, 5.41) is 18.4. The van der Waals surface area contributed by atoms with Crippen LogP contribution >= 0.6 is 11.3 Å². The Kier molecular flexibility index (Phi) is 8.29. The summed E-state index contributed by atoms with van der Waals surface area (Å²) in [4.78, 5) is 14.4. The molecule has 0 spiro atoms. The summed E-state index contributed by atoms with van der Waals surface area (Å²) in [6.07, 6.45) is 3.49. The molecule has 0 saturated carbocycles. The highest BCUT2D eigenvalue weighted by atomic mass is 32.2. The molecule has 11 heteroatoms. The Morgan fingerprint density at radius 1 is 1.29 bits per heavy atom. The van der Waals surface area contributed by atoms with Gasteiger partial charge in [-0.05, 0) is 70.7 Å². The van der Waals surface area contributed by atoms with Gasteiger partial charge in [0.25, 0.3) is 0 Å². The van der Waals surface area contributed by atoms with Gasteiger partial charge in [0, 0.05) is 35.0 Å². The van der Waals surface area contributed by atoms with Crippen molar-refractivity contribution in [3.05, 3.63) is 57.5 Å². The summed E-state index contributed by atoms with van der Waals surface area (Å²) in [6, 6.07) is 8.76. The number of benzene rings is 1. The molecule has 38 heavy (non-hydrogen) atoms. The summed E-state index contributed by atoms with van der Waals surface area (Å²) in [7, 11) is -3.78. The zero-order chi connectivity index (χ0) is 27.7. The number of hydrogen-bond donors (Lipinski definition) is 1. The standard InChI is InChI=1S/C27H36N4O5S2/c1-6-21-17-31(38(34,35)25-11-9-8-10-23(25)36-21)15-19-14-24(37-18(19)3)22(27(4,5)26(32)33)13-12-20-16-30(7-2)29-28-20/h8-11,14,16,21-22H,6-7,12-13,15,17H2,1-5H3,(H,32,33)/t21-,22+/m1/s1. The second-order valence-corrected chi connectivity index (χ2v) is 13.5. The number of aryl methyl sites for hydroxylation is 3. The molecule has 0 unspecified atom stereocenters. The summed E-state index contributed by atoms with van der Waals surface area (Å²) < 4.78 is 36.6. The van der Waals surface area contributed by atoms with Gasteiger partial charge in [0.05, 0.1) is 17.7 Å². The largest absolute Gasteiger partial charge is 0.488 e. The van der Waals surface area contributed by atoms with E-state index in [0.29, 0.717) is 25.0 Å². The lowest BCUT2D eigenvalue weighted by atomic mass is 9.75. The molecular formula is C27H36N4O5S2. The Morgan fingerprint density at radius 2 is 2.03 bits per heavy atom. The molecule has 2 aromatic heterocycles. The van der Waals surface area contributed by atoms with E-state index >= 15 is 0 Å². The zero-order valence-electron chi connectivity index (χ0n) is 22.5. The van der Waals surface area contributed by atoms with E-state index < -0.39 is 21.4 Å². The van der Waals surface area contributed by atoms with Crippen molar-refractivity contribution in [2.45, 2.75) is 83.9 Å². The summed E-state index contributed by atoms with van der Waals surface area (Å²) in [5.41, 5.74) is 0.682. The number of thiophene rings is 1. The third-order valence-electron chi connectivity index (χ3n) is 7.37. The fourth-order valence-corrected chi connectivity index (χ4v) is 7.71. The smallest absolute Gasteiger partial charge is 0.309 e. The molecule has 1 aliphatic rings. The second-order valence-electron chi connectivity index (χ2n) is 10.3. The number of sulfonamides is 1. The second kappa shape index (κ2) is 11.2. The Hall–Kier alpha value is -2.76. The van der Waals surface area contributed by atoms with Crippen LogP contribution in [0.15, 0.2) is 41.4 Å². The van der Waals surface area contributed by atoms with E-state index in [1.165, 1.54) is 4.31 Å². The molecule has 0 bridgehead atoms. The maximum Gasteiger partial charge on any atom is 0.309 e. The average molecular weight is 561 g/mol. The van der Waals surface area contributed by atoms with Gasteiger partial charge in [0.2, 0.25) is 10.0 Å². The third kappa shape index (κ3) is 5.64. The molecule has 9 nitrogen and oxygen atoms in total. The molecule has 0 saturated heterocycles. The van der Waals surface area contributed by atoms with Gasteiger partial charge in [0.1, 0.15) is 16.7 Å². The lowest BCUT2D eigenvalue weighted by Crippen LogP contribution is -2.36. The summed E-state index contributed by atoms with van der Waals surface area (Å²) in [6.45, 7) is 10.6. The highest BCUT2D eigenvalue weighted by molar-refractivity contribution is 7.89. The molecule has 0 radical (unpaired) electrons. The quantitative estimate of drug-likeness (QED) is 0.377. The number of carboxylic acids is 1. The molecule has 3 heterocycles. The van der Waals surface area contributed by atoms with Crippen LogP contribution in [0.5, 0.6) is 5.75 Å². The van der Waals surface area contributed by atoms with Gasteiger partial charge in [-0.3, -0.25) is 9.48 Å². The van der Waals surface area contributed by atoms with Crippen molar-refractivity contribution >= 4 is 27.3 Å². The molecule has 4 rings (SSSR count). The topological polar surface area (TPSA) is 115 Å². The molecule has 0 fully saturated rings. The molecule has 2 atom stereocenters. The van der Waals surface area contributed by atoms with Crippen LogP contribution in [0.2, 0.25) is 0 Å². The lowest BCUT2D eigenvalue weighted by molar-refractivity contribution is -0.148. The Morgan fingerprint density at radius 3 is 2.68 bits per heavy atom. The average Bonchev–Trinajstić information content (AvgIpc) is 3.46. The minimum atomic E-state index is -3.78. The van der Waals surface area contributed by atoms with Crippen molar-refractivity contribution in [1.29, 1.82) is 0 Å². The van der Waals surface area contributed by atoms with Crippen LogP contribution in [-0.2, 0) is 34.3 Å². The fraction of sp³-hybridized carbons (Fsp3) is 0.519. The van der Waals surface area contributed by atoms with E-state index in [-0.39, 0.29) is 30.0 Å². The number of rotatable bonds is 10. The molecule has 0 aliphatic carbocycles. The zero-order valence-corrected chi connectivity index (χ0v) is 24.2. The van der Waals surface area contributed by atoms with Gasteiger partial charge in [-0.1, -0.05) is 24.3 Å². The highest BCUT2D eigenvalue weighted by Crippen LogP contribution is 2.43. The van der Waals surface area contributed by atoms with Crippen LogP contribution in [0.25, 0.3) is 0 Å². The monoisotopic (exact) mass is 560 g/mol. The van der Waals surface area contributed by atoms with Gasteiger partial charge in [-0.25, -0.2) is 8.42 Å². The number of aromatic nitrogens is 3. The predicted molar refractivity (Wildman–Crippen MR) is 146 cm³/mol. The lowest BCUT2D eigenvalue weighted by Gasteiger charge is -2.29. The SMILES string of the molecule is CC[C@@H]1CN(Cc2cc([C@H](CCc3cn(CC)nn3)C(C)(C)C(=O)O)sc2C)S(=O)(=O)c2ccccc2O1. The highest BCUT2D eigenvalue weighted by Gasteiger charge is 2.39. The van der Waals surface area contributed by atoms with Crippen LogP contribution in [0.1, 0.15) is 67.5 Å². The Balaban J connectivity index is 1.64. The van der Waals surface area contributed by atoms with E-state index in [9.17, 15) is 18.3 Å². The minimum absolute atomic E-state index is 0.175. The van der Waals surface area contributed by atoms with Crippen molar-refractivity contribution in [3.8, 4) is 5.75 Å². The molecule has 0 amide bonds. The minimum Gasteiger partial charge on any atom is -0.488 e. The number of carboxylic acid groups (broad SMARTS) is 1. The number of ether oxygens (including phenoxy) is 1. The molecule has 1 aliphatic heterocycles.